The van der Waals surface area contributed by atoms with E-state index in [2.05, 4.69) is 11.4 Å². The molecule has 156 valence electrons. The van der Waals surface area contributed by atoms with Crippen LogP contribution in [0.15, 0.2) is 18.2 Å². The van der Waals surface area contributed by atoms with Crippen LogP contribution < -0.4 is 10.1 Å². The number of nitrogens with one attached hydrogen (secondary N) is 1. The Kier molecular flexibility index (Phi) is 7.29. The number of nitrogens with zero attached hydrogens (tertiary/aromatic N) is 2. The topological polar surface area (TPSA) is 91.7 Å². The maximum atomic E-state index is 13.4. The molecular weight excluding hydrogens is 401 g/mol. The van der Waals surface area contributed by atoms with Crippen LogP contribution >= 0.6 is 11.6 Å². The maximum absolute atomic E-state index is 13.4. The van der Waals surface area contributed by atoms with E-state index in [9.17, 15) is 14.0 Å². The van der Waals surface area contributed by atoms with Gasteiger partial charge in [0, 0.05) is 25.2 Å². The molecule has 1 aromatic rings. The highest BCUT2D eigenvalue weighted by atomic mass is 35.5. The van der Waals surface area contributed by atoms with E-state index in [4.69, 9.17) is 26.3 Å². The summed E-state index contributed by atoms with van der Waals surface area (Å²) in [5.41, 5.74) is 0. The molecule has 1 heterocycles. The number of halogens is 2. The molecule has 2 amide bonds. The summed E-state index contributed by atoms with van der Waals surface area (Å²) in [5, 5.41) is 11.6. The van der Waals surface area contributed by atoms with Crippen LogP contribution in [-0.4, -0.2) is 55.2 Å². The molecule has 7 nitrogen and oxygen atoms in total. The van der Waals surface area contributed by atoms with E-state index < -0.39 is 5.82 Å². The Hall–Kier alpha value is -2.37. The fourth-order valence-corrected chi connectivity index (χ4v) is 3.46. The summed E-state index contributed by atoms with van der Waals surface area (Å²) < 4.78 is 24.2. The van der Waals surface area contributed by atoms with Crippen molar-refractivity contribution in [2.24, 2.45) is 5.92 Å². The molecule has 1 aliphatic heterocycles. The number of piperidine rings is 1. The quantitative estimate of drug-likeness (QED) is 0.726. The molecule has 3 rings (SSSR count). The highest BCUT2D eigenvalue weighted by Crippen LogP contribution is 2.29. The van der Waals surface area contributed by atoms with Crippen molar-refractivity contribution >= 4 is 23.4 Å². The molecule has 0 aromatic heterocycles. The number of nitriles is 1. The van der Waals surface area contributed by atoms with Crippen LogP contribution in [0.5, 0.6) is 5.75 Å². The van der Waals surface area contributed by atoms with E-state index in [-0.39, 0.29) is 53.9 Å². The third-order valence-corrected chi connectivity index (χ3v) is 5.50. The lowest BCUT2D eigenvalue weighted by molar-refractivity contribution is -0.142. The standard InChI is InChI=1S/C20H23ClFN3O4/c21-17-2-1-15(9-18(17)22)28-11-19(26)24-14-3-5-25(6-4-14)20(27)12-29-16-7-13(8-16)10-23/h1-2,9,13-14,16H,3-8,11-12H2,(H,24,26)/t13-,16-. The van der Waals surface area contributed by atoms with Crippen LogP contribution in [0, 0.1) is 23.1 Å². The van der Waals surface area contributed by atoms with Gasteiger partial charge in [-0.05, 0) is 37.8 Å². The zero-order chi connectivity index (χ0) is 20.8. The fourth-order valence-electron chi connectivity index (χ4n) is 3.35. The van der Waals surface area contributed by atoms with Gasteiger partial charge in [-0.2, -0.15) is 5.26 Å². The Morgan fingerprint density at radius 1 is 1.28 bits per heavy atom. The molecule has 2 aliphatic rings. The van der Waals surface area contributed by atoms with Gasteiger partial charge in [-0.3, -0.25) is 9.59 Å². The van der Waals surface area contributed by atoms with E-state index in [0.717, 1.165) is 6.07 Å². The molecule has 0 unspecified atom stereocenters. The molecule has 9 heteroatoms. The number of hydrogen-bond donors (Lipinski definition) is 1. The van der Waals surface area contributed by atoms with Crippen molar-refractivity contribution < 1.29 is 23.5 Å². The Morgan fingerprint density at radius 2 is 2.00 bits per heavy atom. The molecule has 1 N–H and O–H groups in total. The van der Waals surface area contributed by atoms with Crippen LogP contribution in [0.2, 0.25) is 5.02 Å². The molecule has 0 radical (unpaired) electrons. The molecule has 1 aromatic carbocycles. The monoisotopic (exact) mass is 423 g/mol. The molecule has 0 atom stereocenters. The minimum atomic E-state index is -0.604. The number of rotatable bonds is 7. The van der Waals surface area contributed by atoms with E-state index in [1.807, 2.05) is 0 Å². The summed E-state index contributed by atoms with van der Waals surface area (Å²) >= 11 is 5.61. The van der Waals surface area contributed by atoms with Gasteiger partial charge < -0.3 is 19.7 Å². The first-order valence-corrected chi connectivity index (χ1v) is 9.98. The fraction of sp³-hybridized carbons (Fsp3) is 0.550. The van der Waals surface area contributed by atoms with Gasteiger partial charge in [0.1, 0.15) is 18.2 Å². The Morgan fingerprint density at radius 3 is 2.66 bits per heavy atom. The highest BCUT2D eigenvalue weighted by Gasteiger charge is 2.31. The summed E-state index contributed by atoms with van der Waals surface area (Å²) in [6, 6.07) is 6.14. The molecule has 1 aliphatic carbocycles. The third kappa shape index (κ3) is 6.05. The summed E-state index contributed by atoms with van der Waals surface area (Å²) in [6.07, 6.45) is 2.69. The first-order valence-electron chi connectivity index (χ1n) is 9.61. The molecular formula is C20H23ClFN3O4. The van der Waals surface area contributed by atoms with Crippen LogP contribution in [0.4, 0.5) is 4.39 Å². The minimum absolute atomic E-state index is 0.00689. The van der Waals surface area contributed by atoms with Crippen molar-refractivity contribution in [3.63, 3.8) is 0 Å². The van der Waals surface area contributed by atoms with E-state index in [0.29, 0.717) is 38.8 Å². The van der Waals surface area contributed by atoms with Crippen molar-refractivity contribution in [1.29, 1.82) is 5.26 Å². The number of likely N-dealkylation sites (tertiary alicyclic amines) is 1. The van der Waals surface area contributed by atoms with E-state index in [1.54, 1.807) is 4.90 Å². The van der Waals surface area contributed by atoms with Crippen LogP contribution in [0.3, 0.4) is 0 Å². The number of hydrogen-bond acceptors (Lipinski definition) is 5. The molecule has 0 spiro atoms. The smallest absolute Gasteiger partial charge is 0.258 e. The average Bonchev–Trinajstić information content (AvgIpc) is 2.68. The predicted octanol–water partition coefficient (Wildman–Crippen LogP) is 2.28. The number of ether oxygens (including phenoxy) is 2. The average molecular weight is 424 g/mol. The molecule has 1 saturated heterocycles. The third-order valence-electron chi connectivity index (χ3n) is 5.19. The Balaban J connectivity index is 1.31. The van der Waals surface area contributed by atoms with Crippen molar-refractivity contribution in [3.05, 3.63) is 29.0 Å². The lowest BCUT2D eigenvalue weighted by Crippen LogP contribution is -2.48. The van der Waals surface area contributed by atoms with Gasteiger partial charge in [-0.25, -0.2) is 4.39 Å². The van der Waals surface area contributed by atoms with Gasteiger partial charge in [0.2, 0.25) is 5.91 Å². The van der Waals surface area contributed by atoms with Gasteiger partial charge >= 0.3 is 0 Å². The zero-order valence-electron chi connectivity index (χ0n) is 15.9. The predicted molar refractivity (Wildman–Crippen MR) is 103 cm³/mol. The minimum Gasteiger partial charge on any atom is -0.484 e. The molecule has 29 heavy (non-hydrogen) atoms. The second-order valence-electron chi connectivity index (χ2n) is 7.32. The van der Waals surface area contributed by atoms with E-state index >= 15 is 0 Å². The first-order chi connectivity index (χ1) is 13.9. The van der Waals surface area contributed by atoms with Gasteiger partial charge in [-0.15, -0.1) is 0 Å². The molecule has 0 bridgehead atoms. The number of amides is 2. The summed E-state index contributed by atoms with van der Waals surface area (Å²) in [7, 11) is 0. The highest BCUT2D eigenvalue weighted by molar-refractivity contribution is 6.30. The second-order valence-corrected chi connectivity index (χ2v) is 7.72. The van der Waals surface area contributed by atoms with E-state index in [1.165, 1.54) is 12.1 Å². The van der Waals surface area contributed by atoms with Crippen molar-refractivity contribution in [1.82, 2.24) is 10.2 Å². The summed E-state index contributed by atoms with van der Waals surface area (Å²) in [5.74, 6) is -0.686. The van der Waals surface area contributed by atoms with Crippen molar-refractivity contribution in [2.45, 2.75) is 37.8 Å². The van der Waals surface area contributed by atoms with Crippen molar-refractivity contribution in [2.75, 3.05) is 26.3 Å². The van der Waals surface area contributed by atoms with Gasteiger partial charge in [0.15, 0.2) is 6.61 Å². The lowest BCUT2D eigenvalue weighted by atomic mass is 9.83. The zero-order valence-corrected chi connectivity index (χ0v) is 16.7. The number of carbonyl (C=O) groups excluding carboxylic acids is 2. The van der Waals surface area contributed by atoms with Gasteiger partial charge in [-0.1, -0.05) is 11.6 Å². The Labute approximate surface area is 173 Å². The second kappa shape index (κ2) is 9.90. The van der Waals surface area contributed by atoms with Crippen LogP contribution in [0.25, 0.3) is 0 Å². The van der Waals surface area contributed by atoms with Crippen LogP contribution in [0.1, 0.15) is 25.7 Å². The number of carbonyl (C=O) groups is 2. The SMILES string of the molecule is N#C[C@H]1C[C@H](OCC(=O)N2CCC(NC(=O)COc3ccc(Cl)c(F)c3)CC2)C1. The Bertz CT molecular complexity index is 786. The molecule has 1 saturated carbocycles. The van der Waals surface area contributed by atoms with Crippen LogP contribution in [-0.2, 0) is 14.3 Å². The van der Waals surface area contributed by atoms with Crippen molar-refractivity contribution in [3.8, 4) is 11.8 Å². The maximum Gasteiger partial charge on any atom is 0.258 e. The molecule has 2 fully saturated rings. The largest absolute Gasteiger partial charge is 0.484 e. The number of benzene rings is 1. The lowest BCUT2D eigenvalue weighted by Gasteiger charge is -2.34. The first kappa shape index (κ1) is 21.3. The van der Waals surface area contributed by atoms with Gasteiger partial charge in [0.25, 0.3) is 5.91 Å². The normalized spacial score (nSPS) is 21.8. The summed E-state index contributed by atoms with van der Waals surface area (Å²) in [4.78, 5) is 26.0. The summed E-state index contributed by atoms with van der Waals surface area (Å²) in [6.45, 7) is 0.897. The van der Waals surface area contributed by atoms with Gasteiger partial charge in [0.05, 0.1) is 23.1 Å².